The number of carbonyl (C=O) groups excluding carboxylic acids is 1. The number of aromatic nitrogens is 1. The minimum atomic E-state index is -3.16. The first-order valence-corrected chi connectivity index (χ1v) is 7.42. The number of rotatable bonds is 7. The Morgan fingerprint density at radius 1 is 1.42 bits per heavy atom. The summed E-state index contributed by atoms with van der Waals surface area (Å²) < 4.78 is 24.0. The minimum absolute atomic E-state index is 0.201. The number of anilines is 2. The lowest BCUT2D eigenvalue weighted by molar-refractivity contribution is 0.100. The molecule has 0 bridgehead atoms. The normalized spacial score (nSPS) is 11.2. The van der Waals surface area contributed by atoms with Crippen LogP contribution in [-0.4, -0.2) is 38.7 Å². The summed E-state index contributed by atoms with van der Waals surface area (Å²) in [5, 5.41) is 2.94. The molecule has 1 rings (SSSR count). The molecule has 0 aliphatic heterocycles. The summed E-state index contributed by atoms with van der Waals surface area (Å²) >= 11 is 0. The number of hydrogen-bond acceptors (Lipinski definition) is 6. The molecule has 0 aliphatic carbocycles. The number of nitrogen functional groups attached to an aromatic ring is 1. The maximum Gasteiger partial charge on any atom is 0.250 e. The summed E-state index contributed by atoms with van der Waals surface area (Å²) in [6.07, 6.45) is 3.02. The molecule has 0 saturated heterocycles. The summed E-state index contributed by atoms with van der Waals surface area (Å²) in [4.78, 5) is 15.1. The molecule has 0 fully saturated rings. The summed E-state index contributed by atoms with van der Waals surface area (Å²) in [7, 11) is -3.16. The van der Waals surface area contributed by atoms with Crippen LogP contribution >= 0.6 is 0 Å². The Bertz CT molecular complexity index is 558. The van der Waals surface area contributed by atoms with Crippen LogP contribution in [0.2, 0.25) is 0 Å². The van der Waals surface area contributed by atoms with E-state index in [4.69, 9.17) is 11.5 Å². The van der Waals surface area contributed by atoms with Crippen LogP contribution in [-0.2, 0) is 10.0 Å². The zero-order chi connectivity index (χ0) is 14.5. The zero-order valence-electron chi connectivity index (χ0n) is 10.5. The van der Waals surface area contributed by atoms with E-state index in [-0.39, 0.29) is 11.3 Å². The Kier molecular flexibility index (Phi) is 5.07. The highest BCUT2D eigenvalue weighted by Crippen LogP contribution is 2.13. The van der Waals surface area contributed by atoms with Gasteiger partial charge in [-0.2, -0.15) is 0 Å². The molecule has 8 nitrogen and oxygen atoms in total. The quantitative estimate of drug-likeness (QED) is 0.480. The van der Waals surface area contributed by atoms with Gasteiger partial charge in [-0.1, -0.05) is 0 Å². The van der Waals surface area contributed by atoms with Crippen molar-refractivity contribution in [1.82, 2.24) is 9.71 Å². The van der Waals surface area contributed by atoms with Gasteiger partial charge in [0.25, 0.3) is 5.91 Å². The SMILES string of the molecule is CS(=O)(=O)NCCCNc1cc(C(N)=O)c(N)cn1. The van der Waals surface area contributed by atoms with Gasteiger partial charge in [-0.15, -0.1) is 0 Å². The number of nitrogens with zero attached hydrogens (tertiary/aromatic N) is 1. The molecule has 6 N–H and O–H groups in total. The number of amides is 1. The van der Waals surface area contributed by atoms with Crippen LogP contribution in [0.25, 0.3) is 0 Å². The molecule has 0 unspecified atom stereocenters. The number of nitrogens with one attached hydrogen (secondary N) is 2. The van der Waals surface area contributed by atoms with E-state index in [2.05, 4.69) is 15.0 Å². The van der Waals surface area contributed by atoms with Crippen molar-refractivity contribution in [2.24, 2.45) is 5.73 Å². The first-order chi connectivity index (χ1) is 8.79. The van der Waals surface area contributed by atoms with Crippen molar-refractivity contribution in [3.8, 4) is 0 Å². The Hall–Kier alpha value is -1.87. The molecule has 1 aromatic rings. The molecule has 0 aromatic carbocycles. The topological polar surface area (TPSA) is 140 Å². The second kappa shape index (κ2) is 6.34. The second-order valence-electron chi connectivity index (χ2n) is 3.97. The van der Waals surface area contributed by atoms with Gasteiger partial charge in [-0.05, 0) is 12.5 Å². The first-order valence-electron chi connectivity index (χ1n) is 5.53. The smallest absolute Gasteiger partial charge is 0.250 e. The third-order valence-corrected chi connectivity index (χ3v) is 2.95. The van der Waals surface area contributed by atoms with E-state index in [1.54, 1.807) is 0 Å². The molecule has 106 valence electrons. The molecular weight excluding hydrogens is 270 g/mol. The van der Waals surface area contributed by atoms with E-state index in [9.17, 15) is 13.2 Å². The fraction of sp³-hybridized carbons (Fsp3) is 0.400. The number of pyridine rings is 1. The molecule has 9 heteroatoms. The van der Waals surface area contributed by atoms with Crippen LogP contribution in [0.3, 0.4) is 0 Å². The number of primary amides is 1. The maximum absolute atomic E-state index is 11.1. The van der Waals surface area contributed by atoms with E-state index in [1.165, 1.54) is 12.3 Å². The fourth-order valence-electron chi connectivity index (χ4n) is 1.34. The van der Waals surface area contributed by atoms with E-state index in [0.717, 1.165) is 6.26 Å². The third-order valence-electron chi connectivity index (χ3n) is 2.22. The Morgan fingerprint density at radius 2 is 2.11 bits per heavy atom. The van der Waals surface area contributed by atoms with Crippen LogP contribution < -0.4 is 21.5 Å². The van der Waals surface area contributed by atoms with Crippen LogP contribution in [0.4, 0.5) is 11.5 Å². The fourth-order valence-corrected chi connectivity index (χ4v) is 1.85. The molecule has 0 saturated carbocycles. The number of nitrogens with two attached hydrogens (primary N) is 2. The Morgan fingerprint density at radius 3 is 2.68 bits per heavy atom. The summed E-state index contributed by atoms with van der Waals surface area (Å²) in [5.74, 6) is -0.163. The molecule has 1 amide bonds. The highest BCUT2D eigenvalue weighted by atomic mass is 32.2. The highest BCUT2D eigenvalue weighted by molar-refractivity contribution is 7.88. The number of carbonyl (C=O) groups is 1. The largest absolute Gasteiger partial charge is 0.397 e. The third kappa shape index (κ3) is 5.53. The Balaban J connectivity index is 2.46. The lowest BCUT2D eigenvalue weighted by Gasteiger charge is -2.08. The van der Waals surface area contributed by atoms with Gasteiger partial charge < -0.3 is 16.8 Å². The number of sulfonamides is 1. The molecule has 0 spiro atoms. The Labute approximate surface area is 111 Å². The van der Waals surface area contributed by atoms with Gasteiger partial charge in [0.05, 0.1) is 23.7 Å². The molecule has 19 heavy (non-hydrogen) atoms. The van der Waals surface area contributed by atoms with Crippen LogP contribution in [0.15, 0.2) is 12.3 Å². The van der Waals surface area contributed by atoms with Gasteiger partial charge in [0, 0.05) is 13.1 Å². The molecule has 1 heterocycles. The van der Waals surface area contributed by atoms with Gasteiger partial charge in [0.1, 0.15) is 5.82 Å². The van der Waals surface area contributed by atoms with Crippen molar-refractivity contribution in [2.75, 3.05) is 30.4 Å². The predicted molar refractivity (Wildman–Crippen MR) is 73.1 cm³/mol. The predicted octanol–water partition coefficient (Wildman–Crippen LogP) is -0.886. The van der Waals surface area contributed by atoms with Crippen molar-refractivity contribution < 1.29 is 13.2 Å². The molecule has 0 atom stereocenters. The van der Waals surface area contributed by atoms with Crippen molar-refractivity contribution >= 4 is 27.4 Å². The van der Waals surface area contributed by atoms with Gasteiger partial charge in [0.15, 0.2) is 0 Å². The standard InChI is InChI=1S/C10H17N5O3S/c1-19(17,18)15-4-2-3-13-9-5-7(10(12)16)8(11)6-14-9/h5-6,15H,2-4,11H2,1H3,(H2,12,16)(H,13,14). The zero-order valence-corrected chi connectivity index (χ0v) is 11.3. The molecule has 1 aromatic heterocycles. The van der Waals surface area contributed by atoms with E-state index in [0.29, 0.717) is 25.3 Å². The maximum atomic E-state index is 11.1. The lowest BCUT2D eigenvalue weighted by Crippen LogP contribution is -2.24. The summed E-state index contributed by atoms with van der Waals surface area (Å²) in [5.41, 5.74) is 11.1. The van der Waals surface area contributed by atoms with Gasteiger partial charge >= 0.3 is 0 Å². The number of hydrogen-bond donors (Lipinski definition) is 4. The second-order valence-corrected chi connectivity index (χ2v) is 5.80. The summed E-state index contributed by atoms with van der Waals surface area (Å²) in [6, 6.07) is 1.46. The average molecular weight is 287 g/mol. The van der Waals surface area contributed by atoms with E-state index < -0.39 is 15.9 Å². The molecular formula is C10H17N5O3S. The average Bonchev–Trinajstić information content (AvgIpc) is 2.29. The molecule has 0 aliphatic rings. The first kappa shape index (κ1) is 15.2. The van der Waals surface area contributed by atoms with E-state index >= 15 is 0 Å². The molecule has 0 radical (unpaired) electrons. The van der Waals surface area contributed by atoms with Gasteiger partial charge in [0.2, 0.25) is 10.0 Å². The van der Waals surface area contributed by atoms with Crippen molar-refractivity contribution in [3.63, 3.8) is 0 Å². The van der Waals surface area contributed by atoms with Crippen LogP contribution in [0.1, 0.15) is 16.8 Å². The van der Waals surface area contributed by atoms with Crippen molar-refractivity contribution in [1.29, 1.82) is 0 Å². The van der Waals surface area contributed by atoms with Crippen molar-refractivity contribution in [2.45, 2.75) is 6.42 Å². The van der Waals surface area contributed by atoms with Crippen LogP contribution in [0, 0.1) is 0 Å². The van der Waals surface area contributed by atoms with Gasteiger partial charge in [-0.25, -0.2) is 18.1 Å². The summed E-state index contributed by atoms with van der Waals surface area (Å²) in [6.45, 7) is 0.821. The lowest BCUT2D eigenvalue weighted by atomic mass is 10.2. The minimum Gasteiger partial charge on any atom is -0.397 e. The van der Waals surface area contributed by atoms with Crippen molar-refractivity contribution in [3.05, 3.63) is 17.8 Å². The van der Waals surface area contributed by atoms with Gasteiger partial charge in [-0.3, -0.25) is 4.79 Å². The highest BCUT2D eigenvalue weighted by Gasteiger charge is 2.07. The monoisotopic (exact) mass is 287 g/mol. The van der Waals surface area contributed by atoms with Crippen LogP contribution in [0.5, 0.6) is 0 Å². The van der Waals surface area contributed by atoms with E-state index in [1.807, 2.05) is 0 Å².